The Morgan fingerprint density at radius 1 is 0.895 bits per heavy atom. The molecule has 9 heteroatoms. The van der Waals surface area contributed by atoms with Crippen LogP contribution >= 0.6 is 0 Å². The van der Waals surface area contributed by atoms with Crippen LogP contribution in [-0.2, 0) is 16.5 Å². The van der Waals surface area contributed by atoms with Crippen LogP contribution in [0.15, 0.2) is 36.8 Å². The zero-order valence-corrected chi connectivity index (χ0v) is 17.2. The highest BCUT2D eigenvalue weighted by molar-refractivity contribution is 6.95. The first-order valence-electron chi connectivity index (χ1n) is 5.86. The minimum absolute atomic E-state index is 0. The number of rotatable bonds is 3. The SMILES string of the molecule is C=C[Si]1(C)O[Si](C)(C)O[SiH](C)O[Si](C=C)(C=C)O1.[Si]. The van der Waals surface area contributed by atoms with Gasteiger partial charge in [0, 0.05) is 11.0 Å². The van der Waals surface area contributed by atoms with E-state index < -0.39 is 35.0 Å². The van der Waals surface area contributed by atoms with Crippen molar-refractivity contribution in [2.45, 2.75) is 26.2 Å². The summed E-state index contributed by atoms with van der Waals surface area (Å²) < 4.78 is 24.4. The van der Waals surface area contributed by atoms with Gasteiger partial charge in [-0.15, -0.1) is 19.7 Å². The van der Waals surface area contributed by atoms with Gasteiger partial charge in [-0.2, -0.15) is 0 Å². The zero-order chi connectivity index (χ0) is 14.0. The van der Waals surface area contributed by atoms with Gasteiger partial charge in [-0.1, -0.05) is 5.70 Å². The maximum Gasteiger partial charge on any atom is 0.373 e. The molecule has 0 aromatic rings. The molecule has 0 spiro atoms. The fourth-order valence-corrected chi connectivity index (χ4v) is 18.3. The third-order valence-electron chi connectivity index (χ3n) is 2.55. The Kier molecular flexibility index (Phi) is 6.78. The predicted molar refractivity (Wildman–Crippen MR) is 88.6 cm³/mol. The first kappa shape index (κ1) is 19.1. The van der Waals surface area contributed by atoms with E-state index >= 15 is 0 Å². The summed E-state index contributed by atoms with van der Waals surface area (Å²) in [6.45, 7) is 19.4. The van der Waals surface area contributed by atoms with E-state index in [2.05, 4.69) is 19.7 Å². The maximum atomic E-state index is 6.19. The highest BCUT2D eigenvalue weighted by atomic mass is 28.5. The highest BCUT2D eigenvalue weighted by Crippen LogP contribution is 2.28. The Labute approximate surface area is 125 Å². The van der Waals surface area contributed by atoms with E-state index in [0.717, 1.165) is 0 Å². The fourth-order valence-electron chi connectivity index (χ4n) is 1.90. The van der Waals surface area contributed by atoms with Gasteiger partial charge in [-0.25, -0.2) is 0 Å². The summed E-state index contributed by atoms with van der Waals surface area (Å²) in [5, 5.41) is 0. The molecule has 4 radical (unpaired) electrons. The van der Waals surface area contributed by atoms with Crippen LogP contribution in [0.1, 0.15) is 0 Å². The molecule has 1 saturated heterocycles. The van der Waals surface area contributed by atoms with Gasteiger partial charge in [0.2, 0.25) is 0 Å². The standard InChI is InChI=1S/C10H22O4Si4.Si/c1-8-17(7)13-16(5,6)11-15(4)12-18(9-2,10-3)14-17;/h8-10,15H,1-3H2,4-7H3;. The second kappa shape index (κ2) is 6.73. The third kappa shape index (κ3) is 4.88. The summed E-state index contributed by atoms with van der Waals surface area (Å²) >= 11 is 0. The molecular weight excluding hydrogens is 325 g/mol. The van der Waals surface area contributed by atoms with Gasteiger partial charge in [-0.05, 0) is 37.6 Å². The Hall–Kier alpha value is 0.144. The van der Waals surface area contributed by atoms with Crippen LogP contribution in [0, 0.1) is 0 Å². The third-order valence-corrected chi connectivity index (χ3v) is 17.3. The van der Waals surface area contributed by atoms with Gasteiger partial charge >= 0.3 is 35.0 Å². The quantitative estimate of drug-likeness (QED) is 0.732. The topological polar surface area (TPSA) is 36.9 Å². The van der Waals surface area contributed by atoms with Crippen molar-refractivity contribution in [3.8, 4) is 0 Å². The van der Waals surface area contributed by atoms with Gasteiger partial charge in [0.05, 0.1) is 0 Å². The number of hydrogen-bond acceptors (Lipinski definition) is 4. The highest BCUT2D eigenvalue weighted by Gasteiger charge is 2.49. The molecule has 19 heavy (non-hydrogen) atoms. The lowest BCUT2D eigenvalue weighted by Crippen LogP contribution is -2.62. The molecule has 0 amide bonds. The van der Waals surface area contributed by atoms with Crippen molar-refractivity contribution in [3.63, 3.8) is 0 Å². The maximum absolute atomic E-state index is 6.19. The average molecular weight is 347 g/mol. The minimum atomic E-state index is -2.64. The molecule has 1 heterocycles. The van der Waals surface area contributed by atoms with E-state index in [4.69, 9.17) is 16.5 Å². The van der Waals surface area contributed by atoms with Crippen molar-refractivity contribution in [2.24, 2.45) is 0 Å². The van der Waals surface area contributed by atoms with Crippen LogP contribution in [0.5, 0.6) is 0 Å². The van der Waals surface area contributed by atoms with Gasteiger partial charge in [0.15, 0.2) is 0 Å². The molecule has 0 saturated carbocycles. The molecular formula is C10H22O4Si5. The lowest BCUT2D eigenvalue weighted by molar-refractivity contribution is 0.261. The second-order valence-corrected chi connectivity index (χ2v) is 16.9. The molecule has 4 nitrogen and oxygen atoms in total. The lowest BCUT2D eigenvalue weighted by Gasteiger charge is -2.43. The normalized spacial score (nSPS) is 33.2. The molecule has 0 aliphatic carbocycles. The van der Waals surface area contributed by atoms with Gasteiger partial charge < -0.3 is 16.5 Å². The van der Waals surface area contributed by atoms with Crippen LogP contribution in [0.25, 0.3) is 0 Å². The largest absolute Gasteiger partial charge is 0.418 e. The summed E-state index contributed by atoms with van der Waals surface area (Å²) in [5.41, 5.74) is 5.22. The summed E-state index contributed by atoms with van der Waals surface area (Å²) in [6, 6.07) is 0. The van der Waals surface area contributed by atoms with E-state index in [0.29, 0.717) is 0 Å². The van der Waals surface area contributed by atoms with Crippen LogP contribution in [-0.4, -0.2) is 45.9 Å². The van der Waals surface area contributed by atoms with Gasteiger partial charge in [-0.3, -0.25) is 0 Å². The van der Waals surface area contributed by atoms with Crippen LogP contribution in [0.3, 0.4) is 0 Å². The molecule has 1 fully saturated rings. The molecule has 0 N–H and O–H groups in total. The Balaban J connectivity index is 0.00000324. The zero-order valence-electron chi connectivity index (χ0n) is 12.1. The minimum Gasteiger partial charge on any atom is -0.418 e. The van der Waals surface area contributed by atoms with E-state index in [1.807, 2.05) is 26.2 Å². The van der Waals surface area contributed by atoms with E-state index in [9.17, 15) is 0 Å². The van der Waals surface area contributed by atoms with Gasteiger partial charge in [0.1, 0.15) is 0 Å². The van der Waals surface area contributed by atoms with Gasteiger partial charge in [0.25, 0.3) is 0 Å². The molecule has 2 atom stereocenters. The van der Waals surface area contributed by atoms with Crippen molar-refractivity contribution in [2.75, 3.05) is 0 Å². The van der Waals surface area contributed by atoms with E-state index in [-0.39, 0.29) is 11.0 Å². The summed E-state index contributed by atoms with van der Waals surface area (Å²) in [5.74, 6) is 0. The summed E-state index contributed by atoms with van der Waals surface area (Å²) in [7, 11) is -9.19. The molecule has 0 bridgehead atoms. The summed E-state index contributed by atoms with van der Waals surface area (Å²) in [6.07, 6.45) is 0. The number of hydrogen-bond donors (Lipinski definition) is 0. The molecule has 0 aromatic carbocycles. The first-order chi connectivity index (χ1) is 8.20. The van der Waals surface area contributed by atoms with Crippen molar-refractivity contribution in [3.05, 3.63) is 36.8 Å². The Bertz CT molecular complexity index is 354. The smallest absolute Gasteiger partial charge is 0.373 e. The van der Waals surface area contributed by atoms with Crippen LogP contribution in [0.2, 0.25) is 26.2 Å². The molecule has 1 aliphatic rings. The molecule has 1 aliphatic heterocycles. The van der Waals surface area contributed by atoms with Crippen molar-refractivity contribution < 1.29 is 16.5 Å². The van der Waals surface area contributed by atoms with Crippen LogP contribution in [0.4, 0.5) is 0 Å². The van der Waals surface area contributed by atoms with E-state index in [1.165, 1.54) is 0 Å². The second-order valence-electron chi connectivity index (χ2n) is 4.76. The molecule has 0 aromatic heterocycles. The first-order valence-corrected chi connectivity index (χ1v) is 15.1. The van der Waals surface area contributed by atoms with Crippen molar-refractivity contribution in [1.29, 1.82) is 0 Å². The Morgan fingerprint density at radius 3 is 1.84 bits per heavy atom. The lowest BCUT2D eigenvalue weighted by atomic mass is 11.2. The fraction of sp³-hybridized carbons (Fsp3) is 0.400. The molecule has 2 unspecified atom stereocenters. The molecule has 106 valence electrons. The monoisotopic (exact) mass is 346 g/mol. The van der Waals surface area contributed by atoms with Crippen LogP contribution < -0.4 is 0 Å². The van der Waals surface area contributed by atoms with Crippen molar-refractivity contribution >= 4 is 45.9 Å². The summed E-state index contributed by atoms with van der Waals surface area (Å²) in [4.78, 5) is 0. The van der Waals surface area contributed by atoms with E-state index in [1.54, 1.807) is 17.1 Å². The predicted octanol–water partition coefficient (Wildman–Crippen LogP) is 1.93. The Morgan fingerprint density at radius 2 is 1.42 bits per heavy atom. The average Bonchev–Trinajstić information content (AvgIpc) is 2.24. The van der Waals surface area contributed by atoms with Crippen molar-refractivity contribution in [1.82, 2.24) is 0 Å². The molecule has 1 rings (SSSR count).